The van der Waals surface area contributed by atoms with E-state index in [4.69, 9.17) is 28.9 Å². The van der Waals surface area contributed by atoms with E-state index in [1.54, 1.807) is 0 Å². The Balaban J connectivity index is 1.91. The van der Waals surface area contributed by atoms with Crippen LogP contribution in [0.15, 0.2) is 12.1 Å². The number of halogens is 2. The summed E-state index contributed by atoms with van der Waals surface area (Å²) in [7, 11) is 0. The van der Waals surface area contributed by atoms with Crippen LogP contribution < -0.4 is 11.1 Å². The number of benzene rings is 1. The van der Waals surface area contributed by atoms with Crippen molar-refractivity contribution in [2.24, 2.45) is 11.3 Å². The number of hydrogen-bond donors (Lipinski definition) is 2. The highest BCUT2D eigenvalue weighted by atomic mass is 35.5. The van der Waals surface area contributed by atoms with Crippen LogP contribution in [-0.4, -0.2) is 6.54 Å². The molecule has 1 aromatic carbocycles. The van der Waals surface area contributed by atoms with E-state index in [1.165, 1.54) is 12.8 Å². The molecular weight excluding hydrogens is 267 g/mol. The average molecular weight is 287 g/mol. The van der Waals surface area contributed by atoms with Gasteiger partial charge in [-0.05, 0) is 41.9 Å². The van der Waals surface area contributed by atoms with Gasteiger partial charge in [0.05, 0.1) is 15.7 Å². The van der Waals surface area contributed by atoms with Crippen LogP contribution in [0.2, 0.25) is 10.0 Å². The third-order valence-corrected chi connectivity index (χ3v) is 4.69. The molecule has 0 bridgehead atoms. The van der Waals surface area contributed by atoms with Gasteiger partial charge in [0.25, 0.3) is 0 Å². The minimum atomic E-state index is 0.461. The summed E-state index contributed by atoms with van der Waals surface area (Å²) < 4.78 is 0. The minimum absolute atomic E-state index is 0.461. The van der Waals surface area contributed by atoms with E-state index in [9.17, 15) is 0 Å². The SMILES string of the molecule is CC(C)C1(CNCc2cc(Cl)c(N)c(Cl)c2)CC1. The van der Waals surface area contributed by atoms with Gasteiger partial charge in [-0.3, -0.25) is 0 Å². The number of nitrogen functional groups attached to an aromatic ring is 1. The van der Waals surface area contributed by atoms with Crippen molar-refractivity contribution in [1.82, 2.24) is 5.32 Å². The van der Waals surface area contributed by atoms with Crippen molar-refractivity contribution in [2.45, 2.75) is 33.2 Å². The molecule has 0 saturated heterocycles. The molecule has 3 N–H and O–H groups in total. The second kappa shape index (κ2) is 5.28. The zero-order valence-electron chi connectivity index (χ0n) is 10.9. The van der Waals surface area contributed by atoms with Crippen molar-refractivity contribution in [3.8, 4) is 0 Å². The van der Waals surface area contributed by atoms with Gasteiger partial charge in [0.15, 0.2) is 0 Å². The van der Waals surface area contributed by atoms with Crippen LogP contribution in [0, 0.1) is 11.3 Å². The molecule has 0 spiro atoms. The van der Waals surface area contributed by atoms with Crippen LogP contribution in [-0.2, 0) is 6.54 Å². The molecule has 4 heteroatoms. The number of nitrogens with two attached hydrogens (primary N) is 1. The maximum Gasteiger partial charge on any atom is 0.0693 e. The Kier molecular flexibility index (Phi) is 4.10. The highest BCUT2D eigenvalue weighted by Crippen LogP contribution is 2.51. The Morgan fingerprint density at radius 2 is 1.83 bits per heavy atom. The molecule has 1 fully saturated rings. The van der Waals surface area contributed by atoms with E-state index < -0.39 is 0 Å². The molecule has 1 aromatic rings. The van der Waals surface area contributed by atoms with Gasteiger partial charge in [-0.2, -0.15) is 0 Å². The fourth-order valence-corrected chi connectivity index (χ4v) is 2.85. The van der Waals surface area contributed by atoms with Crippen molar-refractivity contribution in [3.05, 3.63) is 27.7 Å². The van der Waals surface area contributed by atoms with Crippen molar-refractivity contribution < 1.29 is 0 Å². The molecule has 0 radical (unpaired) electrons. The molecule has 0 atom stereocenters. The molecule has 2 rings (SSSR count). The van der Waals surface area contributed by atoms with E-state index >= 15 is 0 Å². The summed E-state index contributed by atoms with van der Waals surface area (Å²) in [6.07, 6.45) is 2.67. The Labute approximate surface area is 119 Å². The number of hydrogen-bond acceptors (Lipinski definition) is 2. The Morgan fingerprint density at radius 3 is 2.28 bits per heavy atom. The van der Waals surface area contributed by atoms with Gasteiger partial charge in [0, 0.05) is 13.1 Å². The highest BCUT2D eigenvalue weighted by Gasteiger charge is 2.44. The summed E-state index contributed by atoms with van der Waals surface area (Å²) in [5.41, 5.74) is 7.77. The van der Waals surface area contributed by atoms with Crippen molar-refractivity contribution in [3.63, 3.8) is 0 Å². The van der Waals surface area contributed by atoms with Gasteiger partial charge in [-0.15, -0.1) is 0 Å². The van der Waals surface area contributed by atoms with Gasteiger partial charge >= 0.3 is 0 Å². The van der Waals surface area contributed by atoms with E-state index in [1.807, 2.05) is 12.1 Å². The fraction of sp³-hybridized carbons (Fsp3) is 0.571. The van der Waals surface area contributed by atoms with E-state index in [-0.39, 0.29) is 0 Å². The fourth-order valence-electron chi connectivity index (χ4n) is 2.31. The molecule has 0 amide bonds. The van der Waals surface area contributed by atoms with Crippen molar-refractivity contribution >= 4 is 28.9 Å². The van der Waals surface area contributed by atoms with Crippen LogP contribution >= 0.6 is 23.2 Å². The Hall–Kier alpha value is -0.440. The van der Waals surface area contributed by atoms with Gasteiger partial charge < -0.3 is 11.1 Å². The Bertz CT molecular complexity index is 416. The lowest BCUT2D eigenvalue weighted by molar-refractivity contribution is 0.338. The summed E-state index contributed by atoms with van der Waals surface area (Å²) >= 11 is 12.0. The summed E-state index contributed by atoms with van der Waals surface area (Å²) in [5.74, 6) is 0.739. The van der Waals surface area contributed by atoms with Gasteiger partial charge in [0.1, 0.15) is 0 Å². The highest BCUT2D eigenvalue weighted by molar-refractivity contribution is 6.38. The lowest BCUT2D eigenvalue weighted by atomic mass is 9.92. The van der Waals surface area contributed by atoms with Crippen LogP contribution in [0.1, 0.15) is 32.3 Å². The number of nitrogens with one attached hydrogen (secondary N) is 1. The second-order valence-corrected chi connectivity index (χ2v) is 6.41. The number of rotatable bonds is 5. The first kappa shape index (κ1) is 14.0. The van der Waals surface area contributed by atoms with E-state index in [0.717, 1.165) is 24.6 Å². The predicted octanol–water partition coefficient (Wildman–Crippen LogP) is 4.10. The molecule has 0 heterocycles. The molecule has 0 aliphatic heterocycles. The van der Waals surface area contributed by atoms with Gasteiger partial charge in [0.2, 0.25) is 0 Å². The van der Waals surface area contributed by atoms with Gasteiger partial charge in [-0.25, -0.2) is 0 Å². The molecule has 100 valence electrons. The van der Waals surface area contributed by atoms with Crippen LogP contribution in [0.5, 0.6) is 0 Å². The lowest BCUT2D eigenvalue weighted by Gasteiger charge is -2.20. The molecule has 18 heavy (non-hydrogen) atoms. The quantitative estimate of drug-likeness (QED) is 0.800. The maximum absolute atomic E-state index is 6.01. The average Bonchev–Trinajstić information content (AvgIpc) is 3.07. The van der Waals surface area contributed by atoms with E-state index in [2.05, 4.69) is 19.2 Å². The molecule has 0 unspecified atom stereocenters. The van der Waals surface area contributed by atoms with Crippen molar-refractivity contribution in [2.75, 3.05) is 12.3 Å². The molecule has 1 saturated carbocycles. The molecule has 1 aliphatic carbocycles. The second-order valence-electron chi connectivity index (χ2n) is 5.59. The molecular formula is C14H20Cl2N2. The largest absolute Gasteiger partial charge is 0.396 e. The summed E-state index contributed by atoms with van der Waals surface area (Å²) in [5, 5.41) is 4.57. The third-order valence-electron chi connectivity index (χ3n) is 4.06. The summed E-state index contributed by atoms with van der Waals surface area (Å²) in [6, 6.07) is 3.76. The predicted molar refractivity (Wildman–Crippen MR) is 79.1 cm³/mol. The topological polar surface area (TPSA) is 38.0 Å². The molecule has 1 aliphatic rings. The summed E-state index contributed by atoms with van der Waals surface area (Å²) in [4.78, 5) is 0. The van der Waals surface area contributed by atoms with Crippen LogP contribution in [0.3, 0.4) is 0 Å². The normalized spacial score (nSPS) is 17.2. The smallest absolute Gasteiger partial charge is 0.0693 e. The standard InChI is InChI=1S/C14H20Cl2N2/c1-9(2)14(3-4-14)8-18-7-10-5-11(15)13(17)12(16)6-10/h5-6,9,18H,3-4,7-8,17H2,1-2H3. The maximum atomic E-state index is 6.01. The van der Waals surface area contributed by atoms with Gasteiger partial charge in [-0.1, -0.05) is 37.0 Å². The van der Waals surface area contributed by atoms with E-state index in [0.29, 0.717) is 21.1 Å². The zero-order valence-corrected chi connectivity index (χ0v) is 12.4. The first-order chi connectivity index (χ1) is 8.44. The third kappa shape index (κ3) is 2.93. The monoisotopic (exact) mass is 286 g/mol. The van der Waals surface area contributed by atoms with Crippen molar-refractivity contribution in [1.29, 1.82) is 0 Å². The summed E-state index contributed by atoms with van der Waals surface area (Å²) in [6.45, 7) is 6.44. The lowest BCUT2D eigenvalue weighted by Crippen LogP contribution is -2.27. The number of anilines is 1. The molecule has 0 aromatic heterocycles. The first-order valence-electron chi connectivity index (χ1n) is 6.39. The van der Waals surface area contributed by atoms with Crippen LogP contribution in [0.25, 0.3) is 0 Å². The van der Waals surface area contributed by atoms with Crippen LogP contribution in [0.4, 0.5) is 5.69 Å². The zero-order chi connectivity index (χ0) is 13.3. The molecule has 2 nitrogen and oxygen atoms in total. The first-order valence-corrected chi connectivity index (χ1v) is 7.14. The minimum Gasteiger partial charge on any atom is -0.396 e. The Morgan fingerprint density at radius 1 is 1.28 bits per heavy atom.